The van der Waals surface area contributed by atoms with Crippen LogP contribution in [0.2, 0.25) is 5.02 Å². The maximum Gasteiger partial charge on any atom is 0.408 e. The van der Waals surface area contributed by atoms with Gasteiger partial charge in [0.15, 0.2) is 0 Å². The van der Waals surface area contributed by atoms with Crippen molar-refractivity contribution < 1.29 is 19.1 Å². The van der Waals surface area contributed by atoms with Gasteiger partial charge in [-0.05, 0) is 78.0 Å². The molecule has 0 aliphatic heterocycles. The summed E-state index contributed by atoms with van der Waals surface area (Å²) in [6, 6.07) is 9.40. The molecule has 2 unspecified atom stereocenters. The van der Waals surface area contributed by atoms with Crippen LogP contribution in [0, 0.1) is 26.7 Å². The second-order valence-electron chi connectivity index (χ2n) is 11.2. The van der Waals surface area contributed by atoms with Gasteiger partial charge in [0.2, 0.25) is 5.91 Å². The number of alkyl carbamates (subject to hydrolysis) is 1. The molecule has 7 nitrogen and oxygen atoms in total. The highest BCUT2D eigenvalue weighted by atomic mass is 35.5. The van der Waals surface area contributed by atoms with Crippen LogP contribution in [-0.4, -0.2) is 41.0 Å². The van der Waals surface area contributed by atoms with Crippen LogP contribution < -0.4 is 10.6 Å². The SMILES string of the molecule is CCN(C(=O)C(CC(C)C)NC(=O)OC(C)(C)C)C(C(=O)Nc1c(C)cccc1Cl)c1cc(C)cc(C)c1. The number of anilines is 1. The lowest BCUT2D eigenvalue weighted by Gasteiger charge is -2.34. The summed E-state index contributed by atoms with van der Waals surface area (Å²) in [5.41, 5.74) is 3.22. The molecule has 2 atom stereocenters. The maximum absolute atomic E-state index is 14.0. The number of likely N-dealkylation sites (N-methyl/N-ethyl adjacent to an activating group) is 1. The van der Waals surface area contributed by atoms with E-state index in [2.05, 4.69) is 10.6 Å². The van der Waals surface area contributed by atoms with E-state index in [9.17, 15) is 14.4 Å². The predicted molar refractivity (Wildman–Crippen MR) is 153 cm³/mol. The number of carbonyl (C=O) groups excluding carboxylic acids is 3. The Kier molecular flexibility index (Phi) is 10.8. The molecule has 0 radical (unpaired) electrons. The van der Waals surface area contributed by atoms with Crippen molar-refractivity contribution in [3.63, 3.8) is 0 Å². The second-order valence-corrected chi connectivity index (χ2v) is 11.6. The molecule has 0 aliphatic rings. The van der Waals surface area contributed by atoms with Gasteiger partial charge in [-0.1, -0.05) is 66.9 Å². The first-order chi connectivity index (χ1) is 17.6. The number of benzene rings is 2. The highest BCUT2D eigenvalue weighted by Crippen LogP contribution is 2.30. The van der Waals surface area contributed by atoms with Crippen LogP contribution in [0.25, 0.3) is 0 Å². The lowest BCUT2D eigenvalue weighted by molar-refractivity contribution is -0.140. The Labute approximate surface area is 232 Å². The molecule has 3 amide bonds. The Morgan fingerprint density at radius 1 is 1.03 bits per heavy atom. The number of hydrogen-bond acceptors (Lipinski definition) is 4. The van der Waals surface area contributed by atoms with Crippen molar-refractivity contribution in [2.45, 2.75) is 86.4 Å². The third-order valence-corrected chi connectivity index (χ3v) is 6.22. The van der Waals surface area contributed by atoms with Crippen molar-refractivity contribution in [3.8, 4) is 0 Å². The molecule has 8 heteroatoms. The number of aryl methyl sites for hydroxylation is 3. The number of nitrogens with zero attached hydrogens (tertiary/aromatic N) is 1. The summed E-state index contributed by atoms with van der Waals surface area (Å²) in [7, 11) is 0. The lowest BCUT2D eigenvalue weighted by atomic mass is 9.97. The van der Waals surface area contributed by atoms with Gasteiger partial charge in [-0.2, -0.15) is 0 Å². The number of nitrogens with one attached hydrogen (secondary N) is 2. The topological polar surface area (TPSA) is 87.7 Å². The van der Waals surface area contributed by atoms with E-state index in [1.807, 2.05) is 71.9 Å². The summed E-state index contributed by atoms with van der Waals surface area (Å²) in [6.45, 7) is 17.1. The number of ether oxygens (including phenoxy) is 1. The standard InChI is InChI=1S/C30H42ClN3O4/c1-10-34(28(36)24(14-18(2)3)32-29(37)38-30(7,8)9)26(22-16-19(4)15-20(5)17-22)27(35)33-25-21(6)12-11-13-23(25)31/h11-13,15-18,24,26H,10,14H2,1-9H3,(H,32,37)(H,33,35). The number of carbonyl (C=O) groups is 3. The molecule has 0 aliphatic carbocycles. The Hall–Kier alpha value is -3.06. The summed E-state index contributed by atoms with van der Waals surface area (Å²) in [6.07, 6.45) is -0.286. The first-order valence-electron chi connectivity index (χ1n) is 13.1. The van der Waals surface area contributed by atoms with Gasteiger partial charge in [-0.25, -0.2) is 4.79 Å². The average molecular weight is 544 g/mol. The molecule has 38 heavy (non-hydrogen) atoms. The molecular weight excluding hydrogens is 502 g/mol. The van der Waals surface area contributed by atoms with Gasteiger partial charge in [-0.3, -0.25) is 9.59 Å². The maximum atomic E-state index is 14.0. The van der Waals surface area contributed by atoms with Crippen molar-refractivity contribution in [3.05, 3.63) is 63.7 Å². The Balaban J connectivity index is 2.54. The summed E-state index contributed by atoms with van der Waals surface area (Å²) < 4.78 is 5.43. The van der Waals surface area contributed by atoms with Gasteiger partial charge in [0.05, 0.1) is 10.7 Å². The molecule has 0 saturated carbocycles. The predicted octanol–water partition coefficient (Wildman–Crippen LogP) is 6.73. The van der Waals surface area contributed by atoms with Crippen molar-refractivity contribution in [1.29, 1.82) is 0 Å². The summed E-state index contributed by atoms with van der Waals surface area (Å²) in [4.78, 5) is 42.1. The van der Waals surface area contributed by atoms with Gasteiger partial charge >= 0.3 is 6.09 Å². The summed E-state index contributed by atoms with van der Waals surface area (Å²) >= 11 is 6.41. The molecule has 0 aromatic heterocycles. The molecule has 2 aromatic rings. The monoisotopic (exact) mass is 543 g/mol. The van der Waals surface area contributed by atoms with Crippen LogP contribution in [0.15, 0.2) is 36.4 Å². The zero-order valence-electron chi connectivity index (χ0n) is 24.1. The van der Waals surface area contributed by atoms with Crippen molar-refractivity contribution in [2.75, 3.05) is 11.9 Å². The molecule has 0 spiro atoms. The lowest BCUT2D eigenvalue weighted by Crippen LogP contribution is -2.52. The fourth-order valence-electron chi connectivity index (χ4n) is 4.43. The minimum Gasteiger partial charge on any atom is -0.444 e. The van der Waals surface area contributed by atoms with Crippen LogP contribution in [-0.2, 0) is 14.3 Å². The van der Waals surface area contributed by atoms with E-state index in [1.165, 1.54) is 4.90 Å². The molecule has 0 heterocycles. The van der Waals surface area contributed by atoms with Crippen LogP contribution in [0.4, 0.5) is 10.5 Å². The van der Waals surface area contributed by atoms with Gasteiger partial charge in [0.25, 0.3) is 5.91 Å². The number of halogens is 1. The third-order valence-electron chi connectivity index (χ3n) is 5.91. The Morgan fingerprint density at radius 3 is 2.13 bits per heavy atom. The first-order valence-corrected chi connectivity index (χ1v) is 13.4. The van der Waals surface area contributed by atoms with Gasteiger partial charge in [0.1, 0.15) is 17.7 Å². The van der Waals surface area contributed by atoms with E-state index in [0.717, 1.165) is 16.7 Å². The Morgan fingerprint density at radius 2 is 1.63 bits per heavy atom. The van der Waals surface area contributed by atoms with E-state index in [-0.39, 0.29) is 24.3 Å². The highest BCUT2D eigenvalue weighted by molar-refractivity contribution is 6.34. The fraction of sp³-hybridized carbons (Fsp3) is 0.500. The quantitative estimate of drug-likeness (QED) is 0.367. The number of amides is 3. The molecule has 0 saturated heterocycles. The zero-order chi connectivity index (χ0) is 28.8. The van der Waals surface area contributed by atoms with Crippen LogP contribution in [0.3, 0.4) is 0 Å². The molecule has 2 N–H and O–H groups in total. The number of rotatable bonds is 9. The minimum atomic E-state index is -0.947. The molecule has 2 aromatic carbocycles. The van der Waals surface area contributed by atoms with E-state index in [1.54, 1.807) is 26.8 Å². The first kappa shape index (κ1) is 31.2. The van der Waals surface area contributed by atoms with E-state index in [4.69, 9.17) is 16.3 Å². The van der Waals surface area contributed by atoms with E-state index >= 15 is 0 Å². The Bertz CT molecular complexity index is 1120. The number of hydrogen-bond donors (Lipinski definition) is 2. The third kappa shape index (κ3) is 8.76. The van der Waals surface area contributed by atoms with Gasteiger partial charge < -0.3 is 20.3 Å². The zero-order valence-corrected chi connectivity index (χ0v) is 24.8. The molecule has 2 rings (SSSR count). The smallest absolute Gasteiger partial charge is 0.408 e. The van der Waals surface area contributed by atoms with E-state index < -0.39 is 23.8 Å². The average Bonchev–Trinajstić information content (AvgIpc) is 2.76. The van der Waals surface area contributed by atoms with Gasteiger partial charge in [0, 0.05) is 6.54 Å². The summed E-state index contributed by atoms with van der Waals surface area (Å²) in [5.74, 6) is -0.638. The van der Waals surface area contributed by atoms with Gasteiger partial charge in [-0.15, -0.1) is 0 Å². The number of para-hydroxylation sites is 1. The molecular formula is C30H42ClN3O4. The van der Waals surface area contributed by atoms with Crippen LogP contribution >= 0.6 is 11.6 Å². The van der Waals surface area contributed by atoms with Crippen molar-refractivity contribution in [2.24, 2.45) is 5.92 Å². The largest absolute Gasteiger partial charge is 0.444 e. The van der Waals surface area contributed by atoms with Crippen LogP contribution in [0.1, 0.15) is 76.3 Å². The van der Waals surface area contributed by atoms with Crippen molar-refractivity contribution >= 4 is 35.2 Å². The highest BCUT2D eigenvalue weighted by Gasteiger charge is 2.36. The fourth-order valence-corrected chi connectivity index (χ4v) is 4.70. The normalized spacial score (nSPS) is 13.0. The van der Waals surface area contributed by atoms with E-state index in [0.29, 0.717) is 22.7 Å². The molecule has 0 bridgehead atoms. The molecule has 0 fully saturated rings. The second kappa shape index (κ2) is 13.1. The van der Waals surface area contributed by atoms with Crippen molar-refractivity contribution in [1.82, 2.24) is 10.2 Å². The van der Waals surface area contributed by atoms with Crippen LogP contribution in [0.5, 0.6) is 0 Å². The minimum absolute atomic E-state index is 0.108. The molecule has 208 valence electrons. The summed E-state index contributed by atoms with van der Waals surface area (Å²) in [5, 5.41) is 6.12.